The Hall–Kier alpha value is -2.53. The first-order valence-corrected chi connectivity index (χ1v) is 8.89. The summed E-state index contributed by atoms with van der Waals surface area (Å²) in [6.07, 6.45) is 0. The molecule has 0 saturated carbocycles. The fourth-order valence-electron chi connectivity index (χ4n) is 3.36. The van der Waals surface area contributed by atoms with Crippen molar-refractivity contribution in [3.05, 3.63) is 64.6 Å². The monoisotopic (exact) mass is 372 g/mol. The minimum absolute atomic E-state index is 0.103. The molecule has 3 aromatic rings. The number of fused-ring (bicyclic) bond motifs is 1. The van der Waals surface area contributed by atoms with Crippen molar-refractivity contribution in [2.24, 2.45) is 0 Å². The van der Waals surface area contributed by atoms with Crippen molar-refractivity contribution in [1.82, 2.24) is 4.90 Å². The summed E-state index contributed by atoms with van der Waals surface area (Å²) >= 11 is 6.05. The van der Waals surface area contributed by atoms with Crippen LogP contribution in [0.2, 0.25) is 5.02 Å². The van der Waals surface area contributed by atoms with Gasteiger partial charge >= 0.3 is 0 Å². The van der Waals surface area contributed by atoms with Gasteiger partial charge in [-0.05, 0) is 49.4 Å². The van der Waals surface area contributed by atoms with Crippen LogP contribution in [-0.2, 0) is 0 Å². The Morgan fingerprint density at radius 2 is 1.77 bits per heavy atom. The second-order valence-corrected chi connectivity index (χ2v) is 6.89. The van der Waals surface area contributed by atoms with E-state index >= 15 is 0 Å². The Bertz CT molecular complexity index is 960. The lowest BCUT2D eigenvalue weighted by Crippen LogP contribution is -2.48. The van der Waals surface area contributed by atoms with E-state index in [9.17, 15) is 9.18 Å². The van der Waals surface area contributed by atoms with E-state index in [1.54, 1.807) is 29.2 Å². The average molecular weight is 373 g/mol. The van der Waals surface area contributed by atoms with Crippen molar-refractivity contribution >= 4 is 34.2 Å². The third-order valence-corrected chi connectivity index (χ3v) is 5.09. The van der Waals surface area contributed by atoms with Gasteiger partial charge in [-0.1, -0.05) is 11.6 Å². The summed E-state index contributed by atoms with van der Waals surface area (Å²) in [6.45, 7) is 4.45. The van der Waals surface area contributed by atoms with E-state index in [4.69, 9.17) is 16.0 Å². The van der Waals surface area contributed by atoms with E-state index < -0.39 is 0 Å². The van der Waals surface area contributed by atoms with Gasteiger partial charge in [0.2, 0.25) is 0 Å². The summed E-state index contributed by atoms with van der Waals surface area (Å²) < 4.78 is 18.9. The van der Waals surface area contributed by atoms with Crippen molar-refractivity contribution in [1.29, 1.82) is 0 Å². The van der Waals surface area contributed by atoms with Crippen LogP contribution in [0.15, 0.2) is 46.9 Å². The van der Waals surface area contributed by atoms with E-state index in [2.05, 4.69) is 4.90 Å². The van der Waals surface area contributed by atoms with Gasteiger partial charge in [-0.25, -0.2) is 4.39 Å². The molecule has 0 N–H and O–H groups in total. The Balaban J connectivity index is 1.50. The maximum absolute atomic E-state index is 13.1. The summed E-state index contributed by atoms with van der Waals surface area (Å²) in [4.78, 5) is 16.8. The average Bonchev–Trinajstić information content (AvgIpc) is 2.98. The topological polar surface area (TPSA) is 36.7 Å². The number of benzene rings is 2. The number of hydrogen-bond acceptors (Lipinski definition) is 3. The van der Waals surface area contributed by atoms with Gasteiger partial charge in [0.25, 0.3) is 5.91 Å². The summed E-state index contributed by atoms with van der Waals surface area (Å²) in [7, 11) is 0. The summed E-state index contributed by atoms with van der Waals surface area (Å²) in [5.41, 5.74) is 2.45. The second-order valence-electron chi connectivity index (χ2n) is 6.45. The van der Waals surface area contributed by atoms with Gasteiger partial charge in [0.05, 0.1) is 0 Å². The van der Waals surface area contributed by atoms with Gasteiger partial charge in [-0.2, -0.15) is 0 Å². The smallest absolute Gasteiger partial charge is 0.290 e. The highest BCUT2D eigenvalue weighted by Crippen LogP contribution is 2.29. The first kappa shape index (κ1) is 16.9. The van der Waals surface area contributed by atoms with Crippen LogP contribution in [0.25, 0.3) is 11.0 Å². The lowest BCUT2D eigenvalue weighted by Gasteiger charge is -2.35. The molecule has 2 aromatic carbocycles. The highest BCUT2D eigenvalue weighted by molar-refractivity contribution is 6.31. The van der Waals surface area contributed by atoms with Crippen molar-refractivity contribution in [3.8, 4) is 0 Å². The number of amides is 1. The van der Waals surface area contributed by atoms with Crippen LogP contribution in [0.3, 0.4) is 0 Å². The fourth-order valence-corrected chi connectivity index (χ4v) is 3.53. The minimum atomic E-state index is -0.247. The number of nitrogens with zero attached hydrogens (tertiary/aromatic N) is 2. The lowest BCUT2D eigenvalue weighted by atomic mass is 10.1. The third kappa shape index (κ3) is 3.03. The molecule has 1 fully saturated rings. The first-order chi connectivity index (χ1) is 12.5. The fraction of sp³-hybridized carbons (Fsp3) is 0.250. The van der Waals surface area contributed by atoms with Gasteiger partial charge in [-0.3, -0.25) is 4.79 Å². The molecular formula is C20H18ClFN2O2. The van der Waals surface area contributed by atoms with Crippen molar-refractivity contribution in [3.63, 3.8) is 0 Å². The van der Waals surface area contributed by atoms with Gasteiger partial charge < -0.3 is 14.2 Å². The molecule has 1 aliphatic heterocycles. The SMILES string of the molecule is Cc1c(C(=O)N2CCN(c3ccc(F)cc3)CC2)oc2ccc(Cl)cc12. The molecule has 0 bridgehead atoms. The summed E-state index contributed by atoms with van der Waals surface area (Å²) in [6, 6.07) is 11.8. The van der Waals surface area contributed by atoms with E-state index in [1.165, 1.54) is 12.1 Å². The van der Waals surface area contributed by atoms with Crippen LogP contribution in [0.5, 0.6) is 0 Å². The maximum Gasteiger partial charge on any atom is 0.290 e. The number of piperazine rings is 1. The maximum atomic E-state index is 13.1. The van der Waals surface area contributed by atoms with Gasteiger partial charge in [0.15, 0.2) is 5.76 Å². The number of carbonyl (C=O) groups excluding carboxylic acids is 1. The second kappa shape index (κ2) is 6.65. The Labute approximate surface area is 155 Å². The van der Waals surface area contributed by atoms with Gasteiger partial charge in [-0.15, -0.1) is 0 Å². The van der Waals surface area contributed by atoms with Crippen molar-refractivity contribution < 1.29 is 13.6 Å². The molecule has 0 unspecified atom stereocenters. The number of anilines is 1. The number of aryl methyl sites for hydroxylation is 1. The molecule has 1 saturated heterocycles. The van der Waals surface area contributed by atoms with Crippen LogP contribution in [0.4, 0.5) is 10.1 Å². The molecular weight excluding hydrogens is 355 g/mol. The highest BCUT2D eigenvalue weighted by atomic mass is 35.5. The minimum Gasteiger partial charge on any atom is -0.451 e. The van der Waals surface area contributed by atoms with E-state index in [1.807, 2.05) is 13.0 Å². The third-order valence-electron chi connectivity index (χ3n) is 4.85. The molecule has 134 valence electrons. The van der Waals surface area contributed by atoms with Crippen molar-refractivity contribution in [2.75, 3.05) is 31.1 Å². The number of carbonyl (C=O) groups is 1. The molecule has 1 aliphatic rings. The molecule has 4 rings (SSSR count). The van der Waals surface area contributed by atoms with Gasteiger partial charge in [0.1, 0.15) is 11.4 Å². The molecule has 0 atom stereocenters. The molecule has 1 aromatic heterocycles. The van der Waals surface area contributed by atoms with Crippen LogP contribution in [0.1, 0.15) is 16.1 Å². The zero-order chi connectivity index (χ0) is 18.3. The predicted octanol–water partition coefficient (Wildman–Crippen LogP) is 4.50. The van der Waals surface area contributed by atoms with Crippen LogP contribution in [0, 0.1) is 12.7 Å². The first-order valence-electron chi connectivity index (χ1n) is 8.51. The molecule has 4 nitrogen and oxygen atoms in total. The highest BCUT2D eigenvalue weighted by Gasteiger charge is 2.26. The van der Waals surface area contributed by atoms with Crippen LogP contribution < -0.4 is 4.90 Å². The number of hydrogen-bond donors (Lipinski definition) is 0. The Kier molecular flexibility index (Phi) is 4.32. The number of halogens is 2. The predicted molar refractivity (Wildman–Crippen MR) is 100 cm³/mol. The van der Waals surface area contributed by atoms with E-state index in [0.717, 1.165) is 16.6 Å². The molecule has 0 radical (unpaired) electrons. The van der Waals surface area contributed by atoms with Crippen LogP contribution >= 0.6 is 11.6 Å². The Morgan fingerprint density at radius 3 is 2.46 bits per heavy atom. The quantitative estimate of drug-likeness (QED) is 0.664. The normalized spacial score (nSPS) is 14.9. The van der Waals surface area contributed by atoms with Crippen LogP contribution in [-0.4, -0.2) is 37.0 Å². The summed E-state index contributed by atoms with van der Waals surface area (Å²) in [5, 5.41) is 1.49. The zero-order valence-electron chi connectivity index (χ0n) is 14.3. The molecule has 2 heterocycles. The lowest BCUT2D eigenvalue weighted by molar-refractivity contribution is 0.0716. The Morgan fingerprint density at radius 1 is 1.08 bits per heavy atom. The molecule has 26 heavy (non-hydrogen) atoms. The standard InChI is InChI=1S/C20H18ClFN2O2/c1-13-17-12-14(21)2-7-18(17)26-19(13)20(25)24-10-8-23(9-11-24)16-5-3-15(22)4-6-16/h2-7,12H,8-11H2,1H3. The largest absolute Gasteiger partial charge is 0.451 e. The number of furan rings is 1. The van der Waals surface area contributed by atoms with Crippen molar-refractivity contribution in [2.45, 2.75) is 6.92 Å². The number of rotatable bonds is 2. The zero-order valence-corrected chi connectivity index (χ0v) is 15.1. The summed E-state index contributed by atoms with van der Waals surface area (Å²) in [5.74, 6) is 0.0223. The molecule has 0 aliphatic carbocycles. The molecule has 0 spiro atoms. The van der Waals surface area contributed by atoms with E-state index in [-0.39, 0.29) is 11.7 Å². The van der Waals surface area contributed by atoms with E-state index in [0.29, 0.717) is 42.5 Å². The molecule has 6 heteroatoms. The van der Waals surface area contributed by atoms with Gasteiger partial charge in [0, 0.05) is 47.8 Å². The molecule has 1 amide bonds.